The fourth-order valence-electron chi connectivity index (χ4n) is 2.81. The summed E-state index contributed by atoms with van der Waals surface area (Å²) in [5, 5.41) is 14.5. The van der Waals surface area contributed by atoms with Gasteiger partial charge in [0.05, 0.1) is 0 Å². The van der Waals surface area contributed by atoms with Crippen LogP contribution in [0.3, 0.4) is 0 Å². The molecule has 1 aliphatic heterocycles. The van der Waals surface area contributed by atoms with Gasteiger partial charge in [-0.2, -0.15) is 0 Å². The first-order valence-electron chi connectivity index (χ1n) is 7.16. The molecule has 1 fully saturated rings. The summed E-state index contributed by atoms with van der Waals surface area (Å²) in [5.41, 5.74) is 1.74. The quantitative estimate of drug-likeness (QED) is 0.667. The number of nitrogens with one attached hydrogen (secondary N) is 1. The van der Waals surface area contributed by atoms with Gasteiger partial charge >= 0.3 is 5.82 Å². The Morgan fingerprint density at radius 3 is 3.04 bits per heavy atom. The van der Waals surface area contributed by atoms with Crippen molar-refractivity contribution in [3.05, 3.63) is 52.2 Å². The lowest BCUT2D eigenvalue weighted by Gasteiger charge is -2.36. The largest absolute Gasteiger partial charge is 0.386 e. The van der Waals surface area contributed by atoms with Crippen LogP contribution in [0.15, 0.2) is 30.9 Å². The second-order valence-corrected chi connectivity index (χ2v) is 5.36. The molecule has 9 heteroatoms. The Labute approximate surface area is 140 Å². The molecule has 1 atom stereocenters. The zero-order valence-electron chi connectivity index (χ0n) is 12.8. The van der Waals surface area contributed by atoms with Crippen LogP contribution in [0, 0.1) is 10.1 Å². The van der Waals surface area contributed by atoms with Crippen LogP contribution in [0.1, 0.15) is 17.3 Å². The predicted molar refractivity (Wildman–Crippen MR) is 87.4 cm³/mol. The Bertz CT molecular complexity index is 663. The molecule has 3 rings (SSSR count). The number of imidazole rings is 1. The lowest BCUT2D eigenvalue weighted by Crippen LogP contribution is -2.45. The topological polar surface area (TPSA) is 89.1 Å². The average molecular weight is 339 g/mol. The molecule has 3 heterocycles. The highest BCUT2D eigenvalue weighted by Gasteiger charge is 2.28. The SMILES string of the molecule is Cl.Cn1cnc([N+](=O)[O-])c1CN1CCNCC1c1cccnc1. The molecule has 2 aromatic heterocycles. The number of piperazine rings is 1. The van der Waals surface area contributed by atoms with Crippen molar-refractivity contribution in [2.75, 3.05) is 19.6 Å². The van der Waals surface area contributed by atoms with Crippen molar-refractivity contribution in [1.82, 2.24) is 24.8 Å². The molecular weight excluding hydrogens is 320 g/mol. The highest BCUT2D eigenvalue weighted by molar-refractivity contribution is 5.85. The van der Waals surface area contributed by atoms with E-state index in [9.17, 15) is 10.1 Å². The van der Waals surface area contributed by atoms with Gasteiger partial charge in [-0.15, -0.1) is 12.4 Å². The van der Waals surface area contributed by atoms with Crippen LogP contribution in [0.2, 0.25) is 0 Å². The van der Waals surface area contributed by atoms with E-state index in [0.717, 1.165) is 25.2 Å². The van der Waals surface area contributed by atoms with Crippen LogP contribution in [-0.4, -0.2) is 44.0 Å². The van der Waals surface area contributed by atoms with Gasteiger partial charge in [-0.25, -0.2) is 0 Å². The van der Waals surface area contributed by atoms with Gasteiger partial charge in [0, 0.05) is 51.7 Å². The molecule has 1 saturated heterocycles. The number of aromatic nitrogens is 3. The minimum Gasteiger partial charge on any atom is -0.358 e. The fraction of sp³-hybridized carbons (Fsp3) is 0.429. The monoisotopic (exact) mass is 338 g/mol. The van der Waals surface area contributed by atoms with Crippen LogP contribution in [0.4, 0.5) is 5.82 Å². The number of halogens is 1. The van der Waals surface area contributed by atoms with Crippen molar-refractivity contribution in [2.24, 2.45) is 7.05 Å². The van der Waals surface area contributed by atoms with E-state index in [0.29, 0.717) is 12.2 Å². The number of pyridine rings is 1. The first kappa shape index (κ1) is 17.3. The van der Waals surface area contributed by atoms with Crippen molar-refractivity contribution in [3.63, 3.8) is 0 Å². The number of hydrogen-bond donors (Lipinski definition) is 1. The predicted octanol–water partition coefficient (Wildman–Crippen LogP) is 1.29. The fourth-order valence-corrected chi connectivity index (χ4v) is 2.81. The van der Waals surface area contributed by atoms with Crippen molar-refractivity contribution in [1.29, 1.82) is 0 Å². The normalized spacial score (nSPS) is 18.4. The molecule has 8 nitrogen and oxygen atoms in total. The van der Waals surface area contributed by atoms with E-state index in [1.54, 1.807) is 17.8 Å². The highest BCUT2D eigenvalue weighted by Crippen LogP contribution is 2.26. The van der Waals surface area contributed by atoms with E-state index in [1.165, 1.54) is 6.33 Å². The Kier molecular flexibility index (Phi) is 5.64. The standard InChI is InChI=1S/C14H18N6O2.ClH/c1-18-10-17-14(20(21)22)13(18)9-19-6-5-16-8-12(19)11-3-2-4-15-7-11;/h2-4,7,10,12,16H,5-6,8-9H2,1H3;1H. The maximum atomic E-state index is 11.1. The van der Waals surface area contributed by atoms with Crippen molar-refractivity contribution in [3.8, 4) is 0 Å². The van der Waals surface area contributed by atoms with Crippen LogP contribution in [-0.2, 0) is 13.6 Å². The molecule has 124 valence electrons. The Morgan fingerprint density at radius 1 is 1.52 bits per heavy atom. The van der Waals surface area contributed by atoms with Gasteiger partial charge in [0.1, 0.15) is 5.69 Å². The molecule has 0 aromatic carbocycles. The molecule has 0 spiro atoms. The van der Waals surface area contributed by atoms with Gasteiger partial charge < -0.3 is 20.0 Å². The second kappa shape index (κ2) is 7.49. The van der Waals surface area contributed by atoms with Gasteiger partial charge in [0.15, 0.2) is 0 Å². The smallest absolute Gasteiger partial charge is 0.358 e. The molecule has 23 heavy (non-hydrogen) atoms. The molecule has 0 aliphatic carbocycles. The van der Waals surface area contributed by atoms with Gasteiger partial charge in [-0.3, -0.25) is 9.88 Å². The van der Waals surface area contributed by atoms with E-state index < -0.39 is 4.92 Å². The number of nitro groups is 1. The third kappa shape index (κ3) is 3.66. The van der Waals surface area contributed by atoms with Crippen molar-refractivity contribution >= 4 is 18.2 Å². The minimum absolute atomic E-state index is 0. The summed E-state index contributed by atoms with van der Waals surface area (Å²) in [7, 11) is 1.79. The molecule has 1 N–H and O–H groups in total. The van der Waals surface area contributed by atoms with Gasteiger partial charge in [-0.05, 0) is 21.5 Å². The van der Waals surface area contributed by atoms with Crippen LogP contribution in [0.5, 0.6) is 0 Å². The van der Waals surface area contributed by atoms with Crippen LogP contribution >= 0.6 is 12.4 Å². The second-order valence-electron chi connectivity index (χ2n) is 5.36. The summed E-state index contributed by atoms with van der Waals surface area (Å²) in [6, 6.07) is 4.10. The van der Waals surface area contributed by atoms with Gasteiger partial charge in [-0.1, -0.05) is 6.07 Å². The Hall–Kier alpha value is -2.03. The molecule has 0 bridgehead atoms. The van der Waals surface area contributed by atoms with E-state index in [2.05, 4.69) is 20.2 Å². The zero-order valence-corrected chi connectivity index (χ0v) is 13.6. The van der Waals surface area contributed by atoms with E-state index >= 15 is 0 Å². The highest BCUT2D eigenvalue weighted by atomic mass is 35.5. The lowest BCUT2D eigenvalue weighted by molar-refractivity contribution is -0.390. The first-order chi connectivity index (χ1) is 10.7. The zero-order chi connectivity index (χ0) is 15.5. The summed E-state index contributed by atoms with van der Waals surface area (Å²) in [6.07, 6.45) is 5.09. The summed E-state index contributed by atoms with van der Waals surface area (Å²) in [4.78, 5) is 21.0. The van der Waals surface area contributed by atoms with E-state index in [-0.39, 0.29) is 24.3 Å². The molecule has 2 aromatic rings. The van der Waals surface area contributed by atoms with E-state index in [1.807, 2.05) is 18.3 Å². The molecule has 0 amide bonds. The maximum absolute atomic E-state index is 11.1. The summed E-state index contributed by atoms with van der Waals surface area (Å²) in [6.45, 7) is 2.98. The van der Waals surface area contributed by atoms with Crippen molar-refractivity contribution < 1.29 is 4.92 Å². The van der Waals surface area contributed by atoms with Gasteiger partial charge in [0.25, 0.3) is 0 Å². The average Bonchev–Trinajstić information content (AvgIpc) is 2.90. The molecular formula is C14H19ClN6O2. The Balaban J connectivity index is 0.00000192. The number of rotatable bonds is 4. The molecule has 0 radical (unpaired) electrons. The first-order valence-corrected chi connectivity index (χ1v) is 7.16. The lowest BCUT2D eigenvalue weighted by atomic mass is 10.1. The molecule has 1 unspecified atom stereocenters. The number of aryl methyl sites for hydroxylation is 1. The number of hydrogen-bond acceptors (Lipinski definition) is 6. The van der Waals surface area contributed by atoms with E-state index in [4.69, 9.17) is 0 Å². The third-order valence-electron chi connectivity index (χ3n) is 3.99. The van der Waals surface area contributed by atoms with Crippen LogP contribution < -0.4 is 5.32 Å². The summed E-state index contributed by atoms with van der Waals surface area (Å²) in [5.74, 6) is -0.0639. The Morgan fingerprint density at radius 2 is 2.35 bits per heavy atom. The van der Waals surface area contributed by atoms with Crippen molar-refractivity contribution in [2.45, 2.75) is 12.6 Å². The molecule has 1 aliphatic rings. The summed E-state index contributed by atoms with van der Waals surface area (Å²) >= 11 is 0. The molecule has 0 saturated carbocycles. The number of nitrogens with zero attached hydrogens (tertiary/aromatic N) is 5. The summed E-state index contributed by atoms with van der Waals surface area (Å²) < 4.78 is 1.72. The maximum Gasteiger partial charge on any atom is 0.386 e. The van der Waals surface area contributed by atoms with Crippen LogP contribution in [0.25, 0.3) is 0 Å². The third-order valence-corrected chi connectivity index (χ3v) is 3.99. The van der Waals surface area contributed by atoms with Gasteiger partial charge in [0.2, 0.25) is 6.33 Å². The minimum atomic E-state index is -0.420.